The maximum Gasteiger partial charge on any atom is 0.338 e. The SMILES string of the molecule is CCCOc1ccc([C@H]2NC(=O)NC(C)=C2C(=O)OCCOc2ccccc2)cc1OC. The highest BCUT2D eigenvalue weighted by Gasteiger charge is 2.32. The number of carbonyl (C=O) groups is 2. The van der Waals surface area contributed by atoms with E-state index in [-0.39, 0.29) is 13.2 Å². The Morgan fingerprint density at radius 2 is 1.78 bits per heavy atom. The van der Waals surface area contributed by atoms with Gasteiger partial charge in [0.2, 0.25) is 0 Å². The summed E-state index contributed by atoms with van der Waals surface area (Å²) in [6.07, 6.45) is 0.862. The van der Waals surface area contributed by atoms with Crippen LogP contribution in [0, 0.1) is 0 Å². The summed E-state index contributed by atoms with van der Waals surface area (Å²) in [4.78, 5) is 25.0. The zero-order valence-corrected chi connectivity index (χ0v) is 18.5. The Hall–Kier alpha value is -3.68. The second-order valence-corrected chi connectivity index (χ2v) is 7.13. The number of benzene rings is 2. The summed E-state index contributed by atoms with van der Waals surface area (Å²) in [5.41, 5.74) is 1.42. The second-order valence-electron chi connectivity index (χ2n) is 7.13. The lowest BCUT2D eigenvalue weighted by molar-refractivity contribution is -0.140. The normalized spacial score (nSPS) is 15.5. The highest BCUT2D eigenvalue weighted by atomic mass is 16.6. The molecule has 1 aliphatic heterocycles. The first-order valence-electron chi connectivity index (χ1n) is 10.5. The van der Waals surface area contributed by atoms with Crippen LogP contribution in [0.1, 0.15) is 31.9 Å². The number of hydrogen-bond donors (Lipinski definition) is 2. The van der Waals surface area contributed by atoms with E-state index < -0.39 is 18.0 Å². The van der Waals surface area contributed by atoms with Gasteiger partial charge in [-0.25, -0.2) is 9.59 Å². The average molecular weight is 440 g/mol. The maximum atomic E-state index is 12.9. The van der Waals surface area contributed by atoms with Crippen molar-refractivity contribution in [3.63, 3.8) is 0 Å². The van der Waals surface area contributed by atoms with Gasteiger partial charge in [0.1, 0.15) is 19.0 Å². The number of urea groups is 1. The predicted octanol–water partition coefficient (Wildman–Crippen LogP) is 3.73. The summed E-state index contributed by atoms with van der Waals surface area (Å²) >= 11 is 0. The number of rotatable bonds is 10. The minimum atomic E-state index is -0.694. The van der Waals surface area contributed by atoms with Crippen molar-refractivity contribution in [3.8, 4) is 17.2 Å². The van der Waals surface area contributed by atoms with Gasteiger partial charge in [-0.15, -0.1) is 0 Å². The van der Waals surface area contributed by atoms with Crippen molar-refractivity contribution in [1.82, 2.24) is 10.6 Å². The number of allylic oxidation sites excluding steroid dienone is 1. The molecule has 0 spiro atoms. The maximum absolute atomic E-state index is 12.9. The zero-order valence-electron chi connectivity index (χ0n) is 18.5. The van der Waals surface area contributed by atoms with Gasteiger partial charge in [0.15, 0.2) is 11.5 Å². The summed E-state index contributed by atoms with van der Waals surface area (Å²) in [5.74, 6) is 1.27. The first kappa shape index (κ1) is 23.0. The number of amides is 2. The molecule has 32 heavy (non-hydrogen) atoms. The third-order valence-corrected chi connectivity index (χ3v) is 4.80. The highest BCUT2D eigenvalue weighted by molar-refractivity contribution is 5.95. The Labute approximate surface area is 187 Å². The number of esters is 1. The number of ether oxygens (including phenoxy) is 4. The Kier molecular flexibility index (Phi) is 7.96. The third kappa shape index (κ3) is 5.72. The van der Waals surface area contributed by atoms with Crippen LogP contribution in [0.15, 0.2) is 59.8 Å². The van der Waals surface area contributed by atoms with Crippen molar-refractivity contribution >= 4 is 12.0 Å². The molecule has 1 heterocycles. The van der Waals surface area contributed by atoms with E-state index in [0.29, 0.717) is 40.7 Å². The fourth-order valence-electron chi connectivity index (χ4n) is 3.30. The molecular weight excluding hydrogens is 412 g/mol. The van der Waals surface area contributed by atoms with Gasteiger partial charge in [0.05, 0.1) is 25.3 Å². The lowest BCUT2D eigenvalue weighted by atomic mass is 9.95. The molecule has 2 N–H and O–H groups in total. The van der Waals surface area contributed by atoms with Crippen LogP contribution < -0.4 is 24.8 Å². The van der Waals surface area contributed by atoms with Crippen LogP contribution in [0.25, 0.3) is 0 Å². The number of nitrogens with one attached hydrogen (secondary N) is 2. The van der Waals surface area contributed by atoms with Gasteiger partial charge in [-0.05, 0) is 43.2 Å². The van der Waals surface area contributed by atoms with Gasteiger partial charge in [-0.2, -0.15) is 0 Å². The van der Waals surface area contributed by atoms with Crippen LogP contribution in [0.3, 0.4) is 0 Å². The second kappa shape index (κ2) is 11.1. The summed E-state index contributed by atoms with van der Waals surface area (Å²) in [5, 5.41) is 5.42. The van der Waals surface area contributed by atoms with E-state index in [4.69, 9.17) is 18.9 Å². The average Bonchev–Trinajstić information content (AvgIpc) is 2.80. The number of methoxy groups -OCH3 is 1. The predicted molar refractivity (Wildman–Crippen MR) is 119 cm³/mol. The topological polar surface area (TPSA) is 95.1 Å². The minimum absolute atomic E-state index is 0.0677. The fraction of sp³-hybridized carbons (Fsp3) is 0.333. The molecule has 1 aliphatic rings. The Morgan fingerprint density at radius 1 is 1.00 bits per heavy atom. The molecule has 2 amide bonds. The Balaban J connectivity index is 1.73. The summed E-state index contributed by atoms with van der Waals surface area (Å²) in [7, 11) is 1.54. The monoisotopic (exact) mass is 440 g/mol. The summed E-state index contributed by atoms with van der Waals surface area (Å²) < 4.78 is 22.1. The Morgan fingerprint density at radius 3 is 2.50 bits per heavy atom. The molecule has 3 rings (SSSR count). The van der Waals surface area contributed by atoms with Gasteiger partial charge < -0.3 is 29.6 Å². The lowest BCUT2D eigenvalue weighted by Gasteiger charge is -2.28. The van der Waals surface area contributed by atoms with E-state index in [1.807, 2.05) is 37.3 Å². The Bertz CT molecular complexity index is 974. The van der Waals surface area contributed by atoms with Crippen LogP contribution in [0.2, 0.25) is 0 Å². The van der Waals surface area contributed by atoms with Crippen LogP contribution in [0.4, 0.5) is 4.79 Å². The molecule has 0 unspecified atom stereocenters. The molecule has 0 saturated heterocycles. The summed E-state index contributed by atoms with van der Waals surface area (Å²) in [6, 6.07) is 13.5. The minimum Gasteiger partial charge on any atom is -0.493 e. The smallest absolute Gasteiger partial charge is 0.338 e. The quantitative estimate of drug-likeness (QED) is 0.432. The van der Waals surface area contributed by atoms with Crippen LogP contribution in [-0.4, -0.2) is 38.9 Å². The molecule has 0 bridgehead atoms. The fourth-order valence-corrected chi connectivity index (χ4v) is 3.30. The molecule has 8 nitrogen and oxygen atoms in total. The molecule has 2 aromatic carbocycles. The van der Waals surface area contributed by atoms with Crippen molar-refractivity contribution < 1.29 is 28.5 Å². The van der Waals surface area contributed by atoms with Gasteiger partial charge in [0.25, 0.3) is 0 Å². The molecule has 0 saturated carbocycles. The molecular formula is C24H28N2O6. The first-order valence-corrected chi connectivity index (χ1v) is 10.5. The van der Waals surface area contributed by atoms with Gasteiger partial charge in [0, 0.05) is 5.70 Å². The van der Waals surface area contributed by atoms with E-state index >= 15 is 0 Å². The van der Waals surface area contributed by atoms with Gasteiger partial charge in [-0.1, -0.05) is 31.2 Å². The van der Waals surface area contributed by atoms with Crippen molar-refractivity contribution in [3.05, 3.63) is 65.4 Å². The lowest BCUT2D eigenvalue weighted by Crippen LogP contribution is -2.45. The van der Waals surface area contributed by atoms with Crippen molar-refractivity contribution in [2.75, 3.05) is 26.9 Å². The van der Waals surface area contributed by atoms with Gasteiger partial charge in [-0.3, -0.25) is 0 Å². The van der Waals surface area contributed by atoms with Crippen LogP contribution in [-0.2, 0) is 9.53 Å². The number of hydrogen-bond acceptors (Lipinski definition) is 6. The standard InChI is InChI=1S/C24H28N2O6/c1-4-12-31-19-11-10-17(15-20(19)29-3)22-21(16(2)25-24(28)26-22)23(27)32-14-13-30-18-8-6-5-7-9-18/h5-11,15,22H,4,12-14H2,1-3H3,(H2,25,26,28)/t22-/m1/s1. The van der Waals surface area contributed by atoms with E-state index in [0.717, 1.165) is 6.42 Å². The molecule has 170 valence electrons. The molecule has 2 aromatic rings. The molecule has 1 atom stereocenters. The highest BCUT2D eigenvalue weighted by Crippen LogP contribution is 2.34. The van der Waals surface area contributed by atoms with Crippen LogP contribution in [0.5, 0.6) is 17.2 Å². The largest absolute Gasteiger partial charge is 0.493 e. The van der Waals surface area contributed by atoms with E-state index in [1.54, 1.807) is 32.2 Å². The van der Waals surface area contributed by atoms with E-state index in [1.165, 1.54) is 0 Å². The molecule has 0 fully saturated rings. The van der Waals surface area contributed by atoms with Crippen molar-refractivity contribution in [1.29, 1.82) is 0 Å². The number of carbonyl (C=O) groups excluding carboxylic acids is 2. The van der Waals surface area contributed by atoms with E-state index in [2.05, 4.69) is 10.6 Å². The third-order valence-electron chi connectivity index (χ3n) is 4.80. The molecule has 0 aromatic heterocycles. The van der Waals surface area contributed by atoms with E-state index in [9.17, 15) is 9.59 Å². The molecule has 0 radical (unpaired) electrons. The molecule has 8 heteroatoms. The van der Waals surface area contributed by atoms with Crippen molar-refractivity contribution in [2.24, 2.45) is 0 Å². The van der Waals surface area contributed by atoms with Gasteiger partial charge >= 0.3 is 12.0 Å². The first-order chi connectivity index (χ1) is 15.5. The van der Waals surface area contributed by atoms with Crippen LogP contribution >= 0.6 is 0 Å². The summed E-state index contributed by atoms with van der Waals surface area (Å²) in [6.45, 7) is 4.52. The zero-order chi connectivity index (χ0) is 22.9. The number of para-hydroxylation sites is 1. The van der Waals surface area contributed by atoms with Crippen molar-refractivity contribution in [2.45, 2.75) is 26.3 Å². The molecule has 0 aliphatic carbocycles.